The van der Waals surface area contributed by atoms with E-state index in [1.807, 2.05) is 6.92 Å². The van der Waals surface area contributed by atoms with Crippen molar-refractivity contribution >= 4 is 5.91 Å². The smallest absolute Gasteiger partial charge is 0.250 e. The van der Waals surface area contributed by atoms with E-state index in [4.69, 9.17) is 0 Å². The maximum absolute atomic E-state index is 10.6. The summed E-state index contributed by atoms with van der Waals surface area (Å²) in [5, 5.41) is 2.46. The van der Waals surface area contributed by atoms with Crippen LogP contribution in [-0.4, -0.2) is 13.0 Å². The van der Waals surface area contributed by atoms with Crippen LogP contribution in [0.4, 0.5) is 0 Å². The van der Waals surface area contributed by atoms with Crippen LogP contribution in [0.5, 0.6) is 0 Å². The molecule has 0 radical (unpaired) electrons. The molecule has 0 spiro atoms. The van der Waals surface area contributed by atoms with Crippen molar-refractivity contribution < 1.29 is 4.79 Å². The Labute approximate surface area is 55.3 Å². The van der Waals surface area contributed by atoms with Crippen molar-refractivity contribution in [2.75, 3.05) is 7.05 Å². The van der Waals surface area contributed by atoms with E-state index in [9.17, 15) is 4.79 Å². The molecule has 0 rings (SSSR count). The summed E-state index contributed by atoms with van der Waals surface area (Å²) in [6, 6.07) is 0. The summed E-state index contributed by atoms with van der Waals surface area (Å²) in [5.41, 5.74) is 0.486. The Morgan fingerprint density at radius 1 is 1.67 bits per heavy atom. The zero-order chi connectivity index (χ0) is 7.28. The fourth-order valence-electron chi connectivity index (χ4n) is 0.437. The second-order valence-corrected chi connectivity index (χ2v) is 1.60. The third-order valence-corrected chi connectivity index (χ3v) is 0.887. The standard InChI is InChI=1S/C7H11NO/c1-4-5-6(2)7(9)8-3/h4-5H,2H2,1,3H3,(H,8,9)/b5-4-. The van der Waals surface area contributed by atoms with E-state index in [-0.39, 0.29) is 5.91 Å². The van der Waals surface area contributed by atoms with Crippen LogP contribution >= 0.6 is 0 Å². The summed E-state index contributed by atoms with van der Waals surface area (Å²) in [7, 11) is 1.58. The number of hydrogen-bond acceptors (Lipinski definition) is 1. The maximum atomic E-state index is 10.6. The molecule has 0 aliphatic carbocycles. The molecule has 0 heterocycles. The molecule has 0 bridgehead atoms. The van der Waals surface area contributed by atoms with Gasteiger partial charge in [0.25, 0.3) is 0 Å². The molecule has 0 fully saturated rings. The minimum atomic E-state index is -0.131. The Kier molecular flexibility index (Phi) is 3.44. The topological polar surface area (TPSA) is 29.1 Å². The van der Waals surface area contributed by atoms with Crippen molar-refractivity contribution in [1.29, 1.82) is 0 Å². The number of rotatable bonds is 2. The van der Waals surface area contributed by atoms with Crippen molar-refractivity contribution in [1.82, 2.24) is 5.32 Å². The average Bonchev–Trinajstić information content (AvgIpc) is 1.87. The monoisotopic (exact) mass is 125 g/mol. The normalized spacial score (nSPS) is 9.56. The van der Waals surface area contributed by atoms with Crippen molar-refractivity contribution in [3.63, 3.8) is 0 Å². The third kappa shape index (κ3) is 2.69. The summed E-state index contributed by atoms with van der Waals surface area (Å²) >= 11 is 0. The molecular weight excluding hydrogens is 114 g/mol. The van der Waals surface area contributed by atoms with Gasteiger partial charge in [0.15, 0.2) is 0 Å². The van der Waals surface area contributed by atoms with Crippen LogP contribution < -0.4 is 5.32 Å². The Bertz CT molecular complexity index is 147. The second kappa shape index (κ2) is 3.89. The van der Waals surface area contributed by atoms with Gasteiger partial charge in [0.05, 0.1) is 0 Å². The van der Waals surface area contributed by atoms with E-state index in [1.54, 1.807) is 19.2 Å². The van der Waals surface area contributed by atoms with Gasteiger partial charge in [-0.25, -0.2) is 0 Å². The Morgan fingerprint density at radius 3 is 2.56 bits per heavy atom. The molecule has 0 aromatic rings. The van der Waals surface area contributed by atoms with Crippen molar-refractivity contribution in [2.24, 2.45) is 0 Å². The lowest BCUT2D eigenvalue weighted by Crippen LogP contribution is -2.18. The molecule has 0 aromatic heterocycles. The molecular formula is C7H11NO. The van der Waals surface area contributed by atoms with Crippen molar-refractivity contribution in [3.05, 3.63) is 24.3 Å². The highest BCUT2D eigenvalue weighted by atomic mass is 16.1. The molecule has 0 saturated heterocycles. The second-order valence-electron chi connectivity index (χ2n) is 1.60. The van der Waals surface area contributed by atoms with Crippen LogP contribution in [0.3, 0.4) is 0 Å². The first-order chi connectivity index (χ1) is 4.22. The largest absolute Gasteiger partial charge is 0.355 e. The number of nitrogens with one attached hydrogen (secondary N) is 1. The van der Waals surface area contributed by atoms with Gasteiger partial charge in [0.1, 0.15) is 0 Å². The molecule has 0 aliphatic heterocycles. The summed E-state index contributed by atoms with van der Waals surface area (Å²) in [6.07, 6.45) is 3.44. The first kappa shape index (κ1) is 7.95. The van der Waals surface area contributed by atoms with Gasteiger partial charge in [-0.1, -0.05) is 18.7 Å². The van der Waals surface area contributed by atoms with Gasteiger partial charge >= 0.3 is 0 Å². The highest BCUT2D eigenvalue weighted by molar-refractivity contribution is 5.95. The van der Waals surface area contributed by atoms with Crippen LogP contribution in [0.2, 0.25) is 0 Å². The van der Waals surface area contributed by atoms with E-state index >= 15 is 0 Å². The molecule has 0 saturated carbocycles. The first-order valence-electron chi connectivity index (χ1n) is 2.76. The fourth-order valence-corrected chi connectivity index (χ4v) is 0.437. The van der Waals surface area contributed by atoms with Crippen LogP contribution in [0.15, 0.2) is 24.3 Å². The Balaban J connectivity index is 3.89. The van der Waals surface area contributed by atoms with Crippen LogP contribution in [0, 0.1) is 0 Å². The van der Waals surface area contributed by atoms with E-state index in [1.165, 1.54) is 0 Å². The van der Waals surface area contributed by atoms with Gasteiger partial charge < -0.3 is 5.32 Å². The van der Waals surface area contributed by atoms with Gasteiger partial charge in [0, 0.05) is 12.6 Å². The molecule has 1 amide bonds. The predicted molar refractivity (Wildman–Crippen MR) is 38.0 cm³/mol. The lowest BCUT2D eigenvalue weighted by atomic mass is 10.2. The minimum Gasteiger partial charge on any atom is -0.355 e. The quantitative estimate of drug-likeness (QED) is 0.430. The summed E-state index contributed by atoms with van der Waals surface area (Å²) in [5.74, 6) is -0.131. The van der Waals surface area contributed by atoms with E-state index in [2.05, 4.69) is 11.9 Å². The van der Waals surface area contributed by atoms with Gasteiger partial charge in [-0.3, -0.25) is 4.79 Å². The van der Waals surface area contributed by atoms with E-state index < -0.39 is 0 Å². The molecule has 9 heavy (non-hydrogen) atoms. The number of carbonyl (C=O) groups is 1. The number of allylic oxidation sites excluding steroid dienone is 1. The third-order valence-electron chi connectivity index (χ3n) is 0.887. The van der Waals surface area contributed by atoms with Crippen LogP contribution in [0.1, 0.15) is 6.92 Å². The summed E-state index contributed by atoms with van der Waals surface area (Å²) in [6.45, 7) is 5.36. The Hall–Kier alpha value is -1.05. The lowest BCUT2D eigenvalue weighted by Gasteiger charge is -1.94. The molecule has 0 unspecified atom stereocenters. The fraction of sp³-hybridized carbons (Fsp3) is 0.286. The van der Waals surface area contributed by atoms with Crippen molar-refractivity contribution in [3.8, 4) is 0 Å². The molecule has 2 nitrogen and oxygen atoms in total. The van der Waals surface area contributed by atoms with Gasteiger partial charge in [-0.15, -0.1) is 0 Å². The predicted octanol–water partition coefficient (Wildman–Crippen LogP) is 0.865. The summed E-state index contributed by atoms with van der Waals surface area (Å²) in [4.78, 5) is 10.6. The SMILES string of the molecule is C=C(/C=C\C)C(=O)NC. The van der Waals surface area contributed by atoms with Crippen molar-refractivity contribution in [2.45, 2.75) is 6.92 Å². The van der Waals surface area contributed by atoms with Gasteiger partial charge in [-0.05, 0) is 6.92 Å². The minimum absolute atomic E-state index is 0.131. The molecule has 50 valence electrons. The molecule has 0 atom stereocenters. The average molecular weight is 125 g/mol. The molecule has 1 N–H and O–H groups in total. The van der Waals surface area contributed by atoms with E-state index in [0.29, 0.717) is 5.57 Å². The van der Waals surface area contributed by atoms with Crippen LogP contribution in [0.25, 0.3) is 0 Å². The highest BCUT2D eigenvalue weighted by Gasteiger charge is 1.96. The maximum Gasteiger partial charge on any atom is 0.250 e. The Morgan fingerprint density at radius 2 is 2.22 bits per heavy atom. The van der Waals surface area contributed by atoms with Gasteiger partial charge in [0.2, 0.25) is 5.91 Å². The highest BCUT2D eigenvalue weighted by Crippen LogP contribution is 1.90. The summed E-state index contributed by atoms with van der Waals surface area (Å²) < 4.78 is 0. The number of hydrogen-bond donors (Lipinski definition) is 1. The molecule has 2 heteroatoms. The molecule has 0 aromatic carbocycles. The van der Waals surface area contributed by atoms with E-state index in [0.717, 1.165) is 0 Å². The zero-order valence-electron chi connectivity index (χ0n) is 5.77. The first-order valence-corrected chi connectivity index (χ1v) is 2.76. The van der Waals surface area contributed by atoms with Gasteiger partial charge in [-0.2, -0.15) is 0 Å². The number of amides is 1. The lowest BCUT2D eigenvalue weighted by molar-refractivity contribution is -0.116. The van der Waals surface area contributed by atoms with Crippen LogP contribution in [-0.2, 0) is 4.79 Å². The number of likely N-dealkylation sites (N-methyl/N-ethyl adjacent to an activating group) is 1. The number of carbonyl (C=O) groups excluding carboxylic acids is 1. The molecule has 0 aliphatic rings. The zero-order valence-corrected chi connectivity index (χ0v) is 5.77.